The van der Waals surface area contributed by atoms with Gasteiger partial charge in [0.05, 0.1) is 29.9 Å². The molecule has 8 nitrogen and oxygen atoms in total. The normalized spacial score (nSPS) is 18.3. The molecule has 1 atom stereocenters. The molecule has 1 aromatic carbocycles. The maximum atomic E-state index is 13.8. The average molecular weight is 492 g/mol. The summed E-state index contributed by atoms with van der Waals surface area (Å²) in [6, 6.07) is 5.14. The average Bonchev–Trinajstić information content (AvgIpc) is 2.95. The molecule has 0 fully saturated rings. The van der Waals surface area contributed by atoms with Crippen molar-refractivity contribution in [3.05, 3.63) is 29.5 Å². The smallest absolute Gasteiger partial charge is 0.348 e. The van der Waals surface area contributed by atoms with Crippen LogP contribution < -0.4 is 15.4 Å². The number of aromatic hydroxyl groups is 2. The lowest BCUT2D eigenvalue weighted by molar-refractivity contribution is 0.319. The highest BCUT2D eigenvalue weighted by Crippen LogP contribution is 2.54. The van der Waals surface area contributed by atoms with Gasteiger partial charge in [-0.2, -0.15) is 4.76 Å². The van der Waals surface area contributed by atoms with E-state index in [4.69, 9.17) is 9.26 Å². The van der Waals surface area contributed by atoms with Crippen LogP contribution in [-0.4, -0.2) is 33.8 Å². The lowest BCUT2D eigenvalue weighted by Gasteiger charge is -2.25. The number of benzene rings is 1. The van der Waals surface area contributed by atoms with Crippen LogP contribution in [0.3, 0.4) is 0 Å². The first-order valence-electron chi connectivity index (χ1n) is 11.8. The summed E-state index contributed by atoms with van der Waals surface area (Å²) in [5.74, 6) is 0.501. The highest BCUT2D eigenvalue weighted by Gasteiger charge is 2.38. The van der Waals surface area contributed by atoms with Crippen LogP contribution in [0.2, 0.25) is 0 Å². The van der Waals surface area contributed by atoms with Crippen LogP contribution >= 0.6 is 7.52 Å². The zero-order valence-corrected chi connectivity index (χ0v) is 22.4. The van der Waals surface area contributed by atoms with E-state index in [2.05, 4.69) is 30.9 Å². The lowest BCUT2D eigenvalue weighted by atomic mass is 9.89. The molecule has 3 rings (SSSR count). The van der Waals surface area contributed by atoms with Gasteiger partial charge < -0.3 is 29.4 Å². The van der Waals surface area contributed by atoms with Gasteiger partial charge in [-0.05, 0) is 37.8 Å². The minimum Gasteiger partial charge on any atom is -0.505 e. The Morgan fingerprint density at radius 3 is 2.32 bits per heavy atom. The van der Waals surface area contributed by atoms with Crippen molar-refractivity contribution in [2.45, 2.75) is 73.8 Å². The zero-order valence-electron chi connectivity index (χ0n) is 21.5. The van der Waals surface area contributed by atoms with Crippen molar-refractivity contribution < 1.29 is 24.0 Å². The summed E-state index contributed by atoms with van der Waals surface area (Å²) in [6.07, 6.45) is 0.787. The minimum absolute atomic E-state index is 0.0293. The van der Waals surface area contributed by atoms with Gasteiger partial charge in [0, 0.05) is 18.0 Å². The molecule has 0 aliphatic carbocycles. The van der Waals surface area contributed by atoms with E-state index in [1.54, 1.807) is 29.7 Å². The highest BCUT2D eigenvalue weighted by molar-refractivity contribution is 7.66. The van der Waals surface area contributed by atoms with Gasteiger partial charge in [-0.15, -0.1) is 0 Å². The number of fused-ring (bicyclic) bond motifs is 1. The number of hydrogen-bond acceptors (Lipinski definition) is 6. The lowest BCUT2D eigenvalue weighted by Crippen LogP contribution is -2.26. The molecule has 0 saturated heterocycles. The molecule has 3 N–H and O–H groups in total. The number of nitrogens with zero attached hydrogens (tertiary/aromatic N) is 2. The summed E-state index contributed by atoms with van der Waals surface area (Å²) in [4.78, 5) is 0. The summed E-state index contributed by atoms with van der Waals surface area (Å²) >= 11 is 0. The number of nitrogens with one attached hydrogen (secondary N) is 1. The molecule has 2 aromatic rings. The molecule has 2 heterocycles. The molecule has 9 heteroatoms. The maximum absolute atomic E-state index is 13.8. The van der Waals surface area contributed by atoms with Crippen LogP contribution in [0.15, 0.2) is 23.0 Å². The van der Waals surface area contributed by atoms with Crippen molar-refractivity contribution in [1.82, 2.24) is 4.57 Å². The van der Waals surface area contributed by atoms with Crippen molar-refractivity contribution >= 4 is 24.3 Å². The number of aromatic nitrogens is 1. The van der Waals surface area contributed by atoms with Crippen LogP contribution in [-0.2, 0) is 21.0 Å². The molecule has 1 aromatic heterocycles. The zero-order chi connectivity index (χ0) is 25.5. The minimum atomic E-state index is -3.65. The van der Waals surface area contributed by atoms with Gasteiger partial charge in [-0.25, -0.2) is 0 Å². The maximum Gasteiger partial charge on any atom is 0.348 e. The molecule has 0 saturated carbocycles. The first-order valence-corrected chi connectivity index (χ1v) is 13.3. The second-order valence-corrected chi connectivity index (χ2v) is 12.7. The van der Waals surface area contributed by atoms with Crippen LogP contribution in [0.25, 0.3) is 0 Å². The van der Waals surface area contributed by atoms with E-state index in [1.165, 1.54) is 0 Å². The van der Waals surface area contributed by atoms with E-state index in [1.807, 2.05) is 27.7 Å². The third-order valence-corrected chi connectivity index (χ3v) is 7.69. The Hall–Kier alpha value is -2.44. The van der Waals surface area contributed by atoms with Gasteiger partial charge >= 0.3 is 7.52 Å². The third-order valence-electron chi connectivity index (χ3n) is 5.62. The molecule has 0 bridgehead atoms. The van der Waals surface area contributed by atoms with E-state index in [-0.39, 0.29) is 35.1 Å². The van der Waals surface area contributed by atoms with Gasteiger partial charge in [0.1, 0.15) is 11.3 Å². The van der Waals surface area contributed by atoms with Crippen molar-refractivity contribution in [2.24, 2.45) is 10.2 Å². The molecular weight excluding hydrogens is 453 g/mol. The Bertz CT molecular complexity index is 1140. The monoisotopic (exact) mass is 491 g/mol. The van der Waals surface area contributed by atoms with Crippen molar-refractivity contribution in [2.75, 3.05) is 18.5 Å². The van der Waals surface area contributed by atoms with Gasteiger partial charge in [-0.1, -0.05) is 41.5 Å². The van der Waals surface area contributed by atoms with Crippen LogP contribution in [0.4, 0.5) is 5.69 Å². The summed E-state index contributed by atoms with van der Waals surface area (Å²) in [5, 5.41) is 26.2. The fourth-order valence-electron chi connectivity index (χ4n) is 4.08. The van der Waals surface area contributed by atoms with Crippen LogP contribution in [0.1, 0.15) is 73.1 Å². The highest BCUT2D eigenvalue weighted by atomic mass is 31.2. The van der Waals surface area contributed by atoms with Crippen LogP contribution in [0, 0.1) is 5.41 Å². The first-order chi connectivity index (χ1) is 15.7. The molecule has 0 radical (unpaired) electrons. The molecule has 1 aliphatic heterocycles. The van der Waals surface area contributed by atoms with Gasteiger partial charge in [0.15, 0.2) is 11.6 Å². The number of anilines is 1. The van der Waals surface area contributed by atoms with E-state index < -0.39 is 12.9 Å². The Morgan fingerprint density at radius 1 is 1.09 bits per heavy atom. The van der Waals surface area contributed by atoms with Gasteiger partial charge in [0.25, 0.3) is 0 Å². The third kappa shape index (κ3) is 5.13. The van der Waals surface area contributed by atoms with Crippen molar-refractivity contribution in [3.63, 3.8) is 0 Å². The van der Waals surface area contributed by atoms with E-state index in [0.29, 0.717) is 35.6 Å². The SMILES string of the molecule is CCOc1ccc2c(c1)NC(c1c(O)c(C(C)(C)C)n(CCC(C)(C)C)c1O)=NP2(=O)OCC. The summed E-state index contributed by atoms with van der Waals surface area (Å²) in [7, 11) is -3.65. The van der Waals surface area contributed by atoms with Gasteiger partial charge in [0.2, 0.25) is 5.88 Å². The Labute approximate surface area is 202 Å². The Morgan fingerprint density at radius 2 is 1.76 bits per heavy atom. The predicted molar refractivity (Wildman–Crippen MR) is 137 cm³/mol. The fourth-order valence-corrected chi connectivity index (χ4v) is 5.83. The first kappa shape index (κ1) is 26.2. The molecule has 34 heavy (non-hydrogen) atoms. The van der Waals surface area contributed by atoms with Crippen LogP contribution in [0.5, 0.6) is 17.4 Å². The summed E-state index contributed by atoms with van der Waals surface area (Å²) in [6.45, 7) is 17.1. The second kappa shape index (κ2) is 9.31. The quantitative estimate of drug-likeness (QED) is 0.426. The molecule has 0 spiro atoms. The number of ether oxygens (including phenoxy) is 1. The van der Waals surface area contributed by atoms with Gasteiger partial charge in [-0.3, -0.25) is 4.57 Å². The molecular formula is C25H38N3O5P. The second-order valence-electron chi connectivity index (χ2n) is 10.7. The fraction of sp³-hybridized carbons (Fsp3) is 0.560. The topological polar surface area (TPSA) is 105 Å². The number of rotatable bonds is 7. The van der Waals surface area contributed by atoms with Crippen molar-refractivity contribution in [3.8, 4) is 17.4 Å². The van der Waals surface area contributed by atoms with E-state index in [0.717, 1.165) is 6.42 Å². The largest absolute Gasteiger partial charge is 0.505 e. The summed E-state index contributed by atoms with van der Waals surface area (Å²) in [5.41, 5.74) is 0.782. The number of hydrogen-bond donors (Lipinski definition) is 3. The summed E-state index contributed by atoms with van der Waals surface area (Å²) < 4.78 is 31.2. The predicted octanol–water partition coefficient (Wildman–Crippen LogP) is 5.76. The molecule has 0 amide bonds. The standard InChI is InChI=1S/C25H38N3O5P/c1-9-32-16-11-12-18-17(15-16)26-22(27-34(18,31)33-10-2)19-20(29)21(25(6,7)8)28(23(19)30)14-13-24(3,4)5/h11-12,15,29-30H,9-10,13-14H2,1-8H3,(H,26,27,31). The van der Waals surface area contributed by atoms with Crippen molar-refractivity contribution in [1.29, 1.82) is 0 Å². The number of amidine groups is 1. The Kier molecular flexibility index (Phi) is 7.16. The molecule has 1 unspecified atom stereocenters. The Balaban J connectivity index is 2.20. The van der Waals surface area contributed by atoms with E-state index in [9.17, 15) is 14.8 Å². The molecule has 1 aliphatic rings. The van der Waals surface area contributed by atoms with E-state index >= 15 is 0 Å². The molecule has 188 valence electrons.